The summed E-state index contributed by atoms with van der Waals surface area (Å²) in [4.78, 5) is 30.1. The summed E-state index contributed by atoms with van der Waals surface area (Å²) in [5, 5.41) is 3.32. The zero-order chi connectivity index (χ0) is 20.3. The summed E-state index contributed by atoms with van der Waals surface area (Å²) in [5.74, 6) is -0.981. The molecule has 1 aliphatic heterocycles. The number of dihydropyridines is 1. The van der Waals surface area contributed by atoms with Gasteiger partial charge in [-0.25, -0.2) is 4.79 Å². The number of esters is 1. The number of hydrogen-bond acceptors (Lipinski definition) is 7. The lowest BCUT2D eigenvalue weighted by Gasteiger charge is -2.39. The molecule has 1 aliphatic carbocycles. The number of rotatable bonds is 6. The quantitative estimate of drug-likeness (QED) is 0.568. The van der Waals surface area contributed by atoms with Gasteiger partial charge in [0.2, 0.25) is 0 Å². The van der Waals surface area contributed by atoms with Crippen LogP contribution in [0.15, 0.2) is 47.1 Å². The summed E-state index contributed by atoms with van der Waals surface area (Å²) < 4.78 is 10.7. The molecular formula is C21H27N3O4. The summed E-state index contributed by atoms with van der Waals surface area (Å²) in [5.41, 5.74) is 8.61. The molecule has 1 atom stereocenters. The molecule has 150 valence electrons. The van der Waals surface area contributed by atoms with Crippen molar-refractivity contribution in [3.8, 4) is 0 Å². The molecule has 0 aromatic carbocycles. The highest BCUT2D eigenvalue weighted by Gasteiger charge is 2.43. The molecule has 3 rings (SSSR count). The summed E-state index contributed by atoms with van der Waals surface area (Å²) in [6.45, 7) is 5.07. The van der Waals surface area contributed by atoms with Crippen LogP contribution < -0.4 is 11.1 Å². The Bertz CT molecular complexity index is 827. The second-order valence-corrected chi connectivity index (χ2v) is 7.90. The summed E-state index contributed by atoms with van der Waals surface area (Å²) in [6.07, 6.45) is 4.49. The Morgan fingerprint density at radius 3 is 2.82 bits per heavy atom. The number of Topliss-reactive ketones (excluding diaryl/α,β-unsaturated/α-hetero) is 1. The van der Waals surface area contributed by atoms with Crippen LogP contribution in [-0.4, -0.2) is 43.6 Å². The number of nitrogens with two attached hydrogens (primary N) is 1. The first-order chi connectivity index (χ1) is 13.4. The average molecular weight is 385 g/mol. The third-order valence-corrected chi connectivity index (χ3v) is 5.06. The highest BCUT2D eigenvalue weighted by molar-refractivity contribution is 6.04. The van der Waals surface area contributed by atoms with Crippen molar-refractivity contribution in [3.05, 3.63) is 52.6 Å². The molecule has 0 fully saturated rings. The van der Waals surface area contributed by atoms with Gasteiger partial charge in [0.25, 0.3) is 0 Å². The van der Waals surface area contributed by atoms with Crippen LogP contribution in [0.25, 0.3) is 0 Å². The lowest BCUT2D eigenvalue weighted by Crippen LogP contribution is -2.40. The first-order valence-corrected chi connectivity index (χ1v) is 9.40. The summed E-state index contributed by atoms with van der Waals surface area (Å²) >= 11 is 0. The maximum atomic E-state index is 13.1. The van der Waals surface area contributed by atoms with Crippen molar-refractivity contribution < 1.29 is 19.1 Å². The van der Waals surface area contributed by atoms with Crippen molar-refractivity contribution in [1.29, 1.82) is 0 Å². The number of methoxy groups -OCH3 is 1. The first kappa shape index (κ1) is 20.2. The average Bonchev–Trinajstić information content (AvgIpc) is 2.66. The highest BCUT2D eigenvalue weighted by Crippen LogP contribution is 2.46. The zero-order valence-electron chi connectivity index (χ0n) is 16.6. The fraction of sp³-hybridized carbons (Fsp3) is 0.476. The van der Waals surface area contributed by atoms with E-state index < -0.39 is 11.9 Å². The molecule has 0 amide bonds. The van der Waals surface area contributed by atoms with Crippen LogP contribution in [0.5, 0.6) is 0 Å². The third-order valence-electron chi connectivity index (χ3n) is 5.06. The number of nitrogens with one attached hydrogen (secondary N) is 1. The maximum Gasteiger partial charge on any atom is 0.336 e. The molecule has 2 heterocycles. The Balaban J connectivity index is 2.15. The molecule has 1 aromatic rings. The van der Waals surface area contributed by atoms with E-state index in [1.165, 1.54) is 7.11 Å². The van der Waals surface area contributed by atoms with Gasteiger partial charge in [-0.15, -0.1) is 0 Å². The number of carbonyl (C=O) groups is 2. The van der Waals surface area contributed by atoms with Gasteiger partial charge in [0.1, 0.15) is 0 Å². The minimum Gasteiger partial charge on any atom is -0.466 e. The SMILES string of the molecule is COC(=O)C1=C(COCCN)NC2=C(C(=O)CC(C)(C)C2)C1c1cccnc1. The molecule has 7 nitrogen and oxygen atoms in total. The molecule has 2 aliphatic rings. The van der Waals surface area contributed by atoms with E-state index in [4.69, 9.17) is 15.2 Å². The predicted molar refractivity (Wildman–Crippen MR) is 104 cm³/mol. The molecule has 0 spiro atoms. The molecule has 7 heteroatoms. The third kappa shape index (κ3) is 4.00. The van der Waals surface area contributed by atoms with Gasteiger partial charge < -0.3 is 20.5 Å². The Labute approximate surface area is 165 Å². The van der Waals surface area contributed by atoms with Gasteiger partial charge in [-0.2, -0.15) is 0 Å². The molecule has 1 unspecified atom stereocenters. The number of hydrogen-bond donors (Lipinski definition) is 2. The molecule has 28 heavy (non-hydrogen) atoms. The molecule has 1 aromatic heterocycles. The van der Waals surface area contributed by atoms with Crippen LogP contribution in [0.2, 0.25) is 0 Å². The molecule has 0 saturated carbocycles. The van der Waals surface area contributed by atoms with E-state index >= 15 is 0 Å². The highest BCUT2D eigenvalue weighted by atomic mass is 16.5. The summed E-state index contributed by atoms with van der Waals surface area (Å²) in [7, 11) is 1.34. The number of ether oxygens (including phenoxy) is 2. The van der Waals surface area contributed by atoms with Crippen LogP contribution in [0, 0.1) is 5.41 Å². The largest absolute Gasteiger partial charge is 0.466 e. The molecule has 3 N–H and O–H groups in total. The first-order valence-electron chi connectivity index (χ1n) is 9.40. The Morgan fingerprint density at radius 1 is 1.39 bits per heavy atom. The minimum absolute atomic E-state index is 0.0379. The van der Waals surface area contributed by atoms with Crippen molar-refractivity contribution in [2.75, 3.05) is 26.9 Å². The van der Waals surface area contributed by atoms with Gasteiger partial charge in [-0.3, -0.25) is 9.78 Å². The fourth-order valence-corrected chi connectivity index (χ4v) is 3.95. The maximum absolute atomic E-state index is 13.1. The number of ketones is 1. The van der Waals surface area contributed by atoms with E-state index in [2.05, 4.69) is 24.1 Å². The van der Waals surface area contributed by atoms with Crippen LogP contribution in [0.3, 0.4) is 0 Å². The van der Waals surface area contributed by atoms with E-state index in [1.807, 2.05) is 6.07 Å². The van der Waals surface area contributed by atoms with E-state index in [-0.39, 0.29) is 17.8 Å². The van der Waals surface area contributed by atoms with E-state index in [0.717, 1.165) is 11.3 Å². The van der Waals surface area contributed by atoms with Crippen LogP contribution in [0.1, 0.15) is 38.2 Å². The second-order valence-electron chi connectivity index (χ2n) is 7.90. The van der Waals surface area contributed by atoms with E-state index in [9.17, 15) is 9.59 Å². The van der Waals surface area contributed by atoms with Crippen molar-refractivity contribution in [2.24, 2.45) is 11.1 Å². The molecule has 0 saturated heterocycles. The molecular weight excluding hydrogens is 358 g/mol. The van der Waals surface area contributed by atoms with E-state index in [1.54, 1.807) is 18.5 Å². The van der Waals surface area contributed by atoms with Crippen molar-refractivity contribution in [3.63, 3.8) is 0 Å². The van der Waals surface area contributed by atoms with Gasteiger partial charge in [-0.05, 0) is 23.5 Å². The van der Waals surface area contributed by atoms with Gasteiger partial charge >= 0.3 is 5.97 Å². The van der Waals surface area contributed by atoms with Crippen molar-refractivity contribution in [1.82, 2.24) is 10.3 Å². The lowest BCUT2D eigenvalue weighted by molar-refractivity contribution is -0.136. The molecule has 0 radical (unpaired) electrons. The zero-order valence-corrected chi connectivity index (χ0v) is 16.6. The standard InChI is InChI=1S/C21H27N3O4/c1-21(2)9-14-18(16(25)10-21)17(13-5-4-7-23-11-13)19(20(26)27-3)15(24-14)12-28-8-6-22/h4-5,7,11,17,24H,6,8-10,12,22H2,1-3H3. The van der Waals surface area contributed by atoms with Crippen molar-refractivity contribution >= 4 is 11.8 Å². The number of carbonyl (C=O) groups excluding carboxylic acids is 2. The Morgan fingerprint density at radius 2 is 2.18 bits per heavy atom. The topological polar surface area (TPSA) is 104 Å². The van der Waals surface area contributed by atoms with E-state index in [0.29, 0.717) is 42.8 Å². The number of pyridine rings is 1. The van der Waals surface area contributed by atoms with Crippen LogP contribution in [-0.2, 0) is 19.1 Å². The van der Waals surface area contributed by atoms with Gasteiger partial charge in [0.15, 0.2) is 5.78 Å². The predicted octanol–water partition coefficient (Wildman–Crippen LogP) is 1.81. The van der Waals surface area contributed by atoms with Crippen LogP contribution in [0.4, 0.5) is 0 Å². The number of nitrogens with zero attached hydrogens (tertiary/aromatic N) is 1. The second kappa shape index (κ2) is 8.24. The van der Waals surface area contributed by atoms with Gasteiger partial charge in [-0.1, -0.05) is 19.9 Å². The number of aromatic nitrogens is 1. The number of allylic oxidation sites excluding steroid dienone is 2. The smallest absolute Gasteiger partial charge is 0.336 e. The summed E-state index contributed by atoms with van der Waals surface area (Å²) in [6, 6.07) is 3.68. The Kier molecular flexibility index (Phi) is 5.96. The van der Waals surface area contributed by atoms with Gasteiger partial charge in [0, 0.05) is 42.5 Å². The normalized spacial score (nSPS) is 21.3. The van der Waals surface area contributed by atoms with Crippen LogP contribution >= 0.6 is 0 Å². The fourth-order valence-electron chi connectivity index (χ4n) is 3.95. The molecule has 0 bridgehead atoms. The van der Waals surface area contributed by atoms with Gasteiger partial charge in [0.05, 0.1) is 31.6 Å². The Hall–Kier alpha value is -2.51. The minimum atomic E-state index is -0.530. The van der Waals surface area contributed by atoms with Crippen molar-refractivity contribution in [2.45, 2.75) is 32.6 Å². The monoisotopic (exact) mass is 385 g/mol. The lowest BCUT2D eigenvalue weighted by atomic mass is 9.69.